The molecule has 34 heavy (non-hydrogen) atoms. The predicted molar refractivity (Wildman–Crippen MR) is 123 cm³/mol. The highest BCUT2D eigenvalue weighted by Gasteiger charge is 2.22. The van der Waals surface area contributed by atoms with E-state index in [0.29, 0.717) is 23.7 Å². The van der Waals surface area contributed by atoms with Crippen LogP contribution in [0.3, 0.4) is 0 Å². The highest BCUT2D eigenvalue weighted by molar-refractivity contribution is 5.90. The van der Waals surface area contributed by atoms with Crippen molar-refractivity contribution in [2.24, 2.45) is 0 Å². The van der Waals surface area contributed by atoms with Crippen LogP contribution in [-0.4, -0.2) is 35.1 Å². The maximum Gasteiger partial charge on any atom is 0.419 e. The van der Waals surface area contributed by atoms with Gasteiger partial charge in [-0.2, -0.15) is 9.78 Å². The van der Waals surface area contributed by atoms with E-state index < -0.39 is 10.7 Å². The normalized spacial score (nSPS) is 11.6. The monoisotopic (exact) mass is 465 g/mol. The Bertz CT molecular complexity index is 1410. The molecule has 176 valence electrons. The van der Waals surface area contributed by atoms with Gasteiger partial charge in [-0.05, 0) is 18.6 Å². The van der Waals surface area contributed by atoms with Crippen LogP contribution in [-0.2, 0) is 16.8 Å². The van der Waals surface area contributed by atoms with Crippen LogP contribution >= 0.6 is 0 Å². The van der Waals surface area contributed by atoms with Gasteiger partial charge < -0.3 is 9.73 Å². The lowest BCUT2D eigenvalue weighted by molar-refractivity contribution is -0.384. The number of nitrogens with zero attached hydrogens (tertiary/aromatic N) is 6. The second-order valence-electron chi connectivity index (χ2n) is 8.71. The quantitative estimate of drug-likeness (QED) is 0.323. The van der Waals surface area contributed by atoms with Crippen molar-refractivity contribution in [3.8, 4) is 5.95 Å². The van der Waals surface area contributed by atoms with Crippen LogP contribution in [0.5, 0.6) is 0 Å². The number of aryl methyl sites for hydroxylation is 1. The summed E-state index contributed by atoms with van der Waals surface area (Å²) in [6.07, 6.45) is 3.65. The number of nitrogens with one attached hydrogen (secondary N) is 1. The number of nitro groups is 1. The van der Waals surface area contributed by atoms with Gasteiger partial charge in [-0.15, -0.1) is 0 Å². The first-order chi connectivity index (χ1) is 16.1. The molecule has 4 rings (SSSR count). The van der Waals surface area contributed by atoms with Crippen LogP contribution in [0, 0.1) is 10.1 Å². The molecule has 0 saturated carbocycles. The van der Waals surface area contributed by atoms with E-state index in [0.717, 1.165) is 5.69 Å². The zero-order valence-electron chi connectivity index (χ0n) is 18.9. The molecular formula is C22H23N7O5. The third-order valence-corrected chi connectivity index (χ3v) is 5.14. The van der Waals surface area contributed by atoms with Crippen LogP contribution in [0.15, 0.2) is 51.9 Å². The number of hydrogen-bond donors (Lipinski definition) is 1. The van der Waals surface area contributed by atoms with Crippen molar-refractivity contribution in [3.05, 3.63) is 69.1 Å². The summed E-state index contributed by atoms with van der Waals surface area (Å²) in [4.78, 5) is 43.6. The number of aromatic nitrogens is 5. The number of carbonyl (C=O) groups is 1. The summed E-state index contributed by atoms with van der Waals surface area (Å²) in [5.74, 6) is -0.128. The van der Waals surface area contributed by atoms with Gasteiger partial charge in [-0.3, -0.25) is 19.5 Å². The van der Waals surface area contributed by atoms with E-state index in [1.54, 1.807) is 24.5 Å². The SMILES string of the molecule is CC(C)(C)c1cc(NC(=O)CCCn2c(=O)oc3cc([N+](=O)[O-])ccc32)n(-c2ncccn2)n1. The fourth-order valence-electron chi connectivity index (χ4n) is 3.37. The highest BCUT2D eigenvalue weighted by atomic mass is 16.6. The highest BCUT2D eigenvalue weighted by Crippen LogP contribution is 2.25. The summed E-state index contributed by atoms with van der Waals surface area (Å²) >= 11 is 0. The van der Waals surface area contributed by atoms with Crippen LogP contribution < -0.4 is 11.1 Å². The number of benzene rings is 1. The maximum atomic E-state index is 12.7. The average Bonchev–Trinajstić information content (AvgIpc) is 3.34. The summed E-state index contributed by atoms with van der Waals surface area (Å²) < 4.78 is 7.96. The van der Waals surface area contributed by atoms with Crippen molar-refractivity contribution in [3.63, 3.8) is 0 Å². The van der Waals surface area contributed by atoms with Crippen LogP contribution in [0.4, 0.5) is 11.5 Å². The third kappa shape index (κ3) is 4.70. The van der Waals surface area contributed by atoms with Crippen molar-refractivity contribution in [2.75, 3.05) is 5.32 Å². The number of nitro benzene ring substituents is 1. The van der Waals surface area contributed by atoms with Crippen molar-refractivity contribution in [1.29, 1.82) is 0 Å². The molecule has 12 heteroatoms. The summed E-state index contributed by atoms with van der Waals surface area (Å²) in [5, 5.41) is 18.3. The number of fused-ring (bicyclic) bond motifs is 1. The molecule has 0 aliphatic carbocycles. The van der Waals surface area contributed by atoms with Crippen LogP contribution in [0.25, 0.3) is 17.0 Å². The van der Waals surface area contributed by atoms with E-state index in [-0.39, 0.29) is 35.6 Å². The van der Waals surface area contributed by atoms with E-state index >= 15 is 0 Å². The standard InChI is InChI=1S/C22H23N7O5/c1-22(2,3)17-13-18(28(26-17)20-23-9-5-10-24-20)25-19(30)6-4-11-27-15-8-7-14(29(32)33)12-16(15)34-21(27)31/h5,7-10,12-13H,4,6,11H2,1-3H3,(H,25,30). The molecule has 4 aromatic rings. The molecule has 0 fully saturated rings. The Hall–Kier alpha value is -4.35. The average molecular weight is 465 g/mol. The number of amides is 1. The molecule has 0 unspecified atom stereocenters. The number of rotatable bonds is 7. The summed E-state index contributed by atoms with van der Waals surface area (Å²) in [6, 6.07) is 7.45. The lowest BCUT2D eigenvalue weighted by atomic mass is 9.92. The molecule has 0 spiro atoms. The molecule has 3 heterocycles. The summed E-state index contributed by atoms with van der Waals surface area (Å²) in [5.41, 5.74) is 0.912. The largest absolute Gasteiger partial charge is 0.419 e. The Morgan fingerprint density at radius 3 is 2.62 bits per heavy atom. The van der Waals surface area contributed by atoms with E-state index in [4.69, 9.17) is 4.42 Å². The van der Waals surface area contributed by atoms with E-state index in [2.05, 4.69) is 20.4 Å². The molecule has 0 atom stereocenters. The van der Waals surface area contributed by atoms with Crippen molar-refractivity contribution < 1.29 is 14.1 Å². The molecule has 0 saturated heterocycles. The molecule has 0 aliphatic heterocycles. The first kappa shape index (κ1) is 22.8. The second kappa shape index (κ2) is 8.89. The molecule has 0 radical (unpaired) electrons. The van der Waals surface area contributed by atoms with Gasteiger partial charge in [0.15, 0.2) is 5.58 Å². The zero-order valence-corrected chi connectivity index (χ0v) is 18.9. The minimum Gasteiger partial charge on any atom is -0.407 e. The van der Waals surface area contributed by atoms with Gasteiger partial charge in [0, 0.05) is 42.9 Å². The van der Waals surface area contributed by atoms with E-state index in [1.807, 2.05) is 20.8 Å². The lowest BCUT2D eigenvalue weighted by Crippen LogP contribution is -2.18. The van der Waals surface area contributed by atoms with Gasteiger partial charge in [0.2, 0.25) is 5.91 Å². The molecule has 0 aliphatic rings. The zero-order chi connectivity index (χ0) is 24.5. The first-order valence-corrected chi connectivity index (χ1v) is 10.6. The molecule has 1 aromatic carbocycles. The number of hydrogen-bond acceptors (Lipinski definition) is 8. The first-order valence-electron chi connectivity index (χ1n) is 10.6. The second-order valence-corrected chi connectivity index (χ2v) is 8.71. The Kier molecular flexibility index (Phi) is 5.97. The van der Waals surface area contributed by atoms with Crippen molar-refractivity contribution in [1.82, 2.24) is 24.3 Å². The topological polar surface area (TPSA) is 151 Å². The van der Waals surface area contributed by atoms with Crippen molar-refractivity contribution >= 4 is 28.5 Å². The molecule has 1 N–H and O–H groups in total. The fourth-order valence-corrected chi connectivity index (χ4v) is 3.37. The number of carbonyl (C=O) groups excluding carboxylic acids is 1. The van der Waals surface area contributed by atoms with E-state index in [1.165, 1.54) is 27.4 Å². The van der Waals surface area contributed by atoms with Crippen LogP contribution in [0.2, 0.25) is 0 Å². The fraction of sp³-hybridized carbons (Fsp3) is 0.318. The van der Waals surface area contributed by atoms with Gasteiger partial charge in [-0.1, -0.05) is 20.8 Å². The molecule has 0 bridgehead atoms. The minimum absolute atomic E-state index is 0.123. The number of non-ortho nitro benzene ring substituents is 1. The minimum atomic E-state index is -0.634. The Morgan fingerprint density at radius 1 is 1.21 bits per heavy atom. The van der Waals surface area contributed by atoms with Crippen molar-refractivity contribution in [2.45, 2.75) is 45.6 Å². The third-order valence-electron chi connectivity index (χ3n) is 5.14. The Morgan fingerprint density at radius 2 is 1.94 bits per heavy atom. The van der Waals surface area contributed by atoms with Gasteiger partial charge >= 0.3 is 5.76 Å². The Balaban J connectivity index is 1.47. The maximum absolute atomic E-state index is 12.7. The van der Waals surface area contributed by atoms with Gasteiger partial charge in [0.05, 0.1) is 22.2 Å². The number of oxazole rings is 1. The smallest absolute Gasteiger partial charge is 0.407 e. The molecule has 12 nitrogen and oxygen atoms in total. The number of anilines is 1. The predicted octanol–water partition coefficient (Wildman–Crippen LogP) is 3.19. The summed E-state index contributed by atoms with van der Waals surface area (Å²) in [7, 11) is 0. The molecular weight excluding hydrogens is 442 g/mol. The Labute approximate surface area is 193 Å². The molecule has 1 amide bonds. The summed E-state index contributed by atoms with van der Waals surface area (Å²) in [6.45, 7) is 6.25. The van der Waals surface area contributed by atoms with Gasteiger partial charge in [0.1, 0.15) is 5.82 Å². The van der Waals surface area contributed by atoms with Gasteiger partial charge in [-0.25, -0.2) is 14.8 Å². The molecule has 3 aromatic heterocycles. The van der Waals surface area contributed by atoms with Gasteiger partial charge in [0.25, 0.3) is 11.6 Å². The van der Waals surface area contributed by atoms with E-state index in [9.17, 15) is 19.7 Å². The lowest BCUT2D eigenvalue weighted by Gasteiger charge is -2.13. The van der Waals surface area contributed by atoms with Crippen LogP contribution in [0.1, 0.15) is 39.3 Å².